The van der Waals surface area contributed by atoms with Crippen molar-refractivity contribution in [2.75, 3.05) is 0 Å². The smallest absolute Gasteiger partial charge is 0.160 e. The van der Waals surface area contributed by atoms with Gasteiger partial charge < -0.3 is 0 Å². The van der Waals surface area contributed by atoms with Gasteiger partial charge >= 0.3 is 0 Å². The van der Waals surface area contributed by atoms with E-state index in [0.29, 0.717) is 5.82 Å². The van der Waals surface area contributed by atoms with Gasteiger partial charge in [0.1, 0.15) is 5.82 Å². The van der Waals surface area contributed by atoms with Crippen LogP contribution in [0.2, 0.25) is 0 Å². The van der Waals surface area contributed by atoms with Crippen LogP contribution in [-0.4, -0.2) is 9.97 Å². The second-order valence-electron chi connectivity index (χ2n) is 14.6. The molecule has 2 aliphatic rings. The van der Waals surface area contributed by atoms with Crippen molar-refractivity contribution in [2.24, 2.45) is 0 Å². The Bertz CT molecular complexity index is 2900. The molecule has 2 aliphatic carbocycles. The van der Waals surface area contributed by atoms with Crippen molar-refractivity contribution >= 4 is 0 Å². The van der Waals surface area contributed by atoms with Crippen LogP contribution in [-0.2, 0) is 5.41 Å². The standard InChI is InChI=1S/C53H33FN2/c54-41-28-25-37(26-29-41)52-55-50(33-51(56-52)40-14-10-13-38(31-40)34-11-2-1-3-12-34)36-23-21-35(22-24-36)39-27-30-45-44-17-6-9-20-48(44)53(49(45)32-39)46-18-7-4-15-42(46)43-16-5-8-19-47(43)53/h1-33H. The number of aromatic nitrogens is 2. The zero-order valence-electron chi connectivity index (χ0n) is 30.3. The Labute approximate surface area is 325 Å². The van der Waals surface area contributed by atoms with Crippen LogP contribution >= 0.6 is 0 Å². The SMILES string of the molecule is Fc1ccc(-c2nc(-c3ccc(-c4ccc5c(c4)C4(c6ccccc6-c6ccccc64)c4ccccc4-5)cc3)cc(-c3cccc(-c4ccccc4)c3)n2)cc1. The summed E-state index contributed by atoms with van der Waals surface area (Å²) in [7, 11) is 0. The topological polar surface area (TPSA) is 25.8 Å². The van der Waals surface area contributed by atoms with Crippen molar-refractivity contribution in [3.63, 3.8) is 0 Å². The lowest BCUT2D eigenvalue weighted by molar-refractivity contribution is 0.628. The van der Waals surface area contributed by atoms with Crippen LogP contribution in [0.1, 0.15) is 22.3 Å². The second kappa shape index (κ2) is 12.7. The number of hydrogen-bond donors (Lipinski definition) is 0. The Morgan fingerprint density at radius 1 is 0.304 bits per heavy atom. The number of benzene rings is 8. The van der Waals surface area contributed by atoms with E-state index < -0.39 is 0 Å². The zero-order valence-corrected chi connectivity index (χ0v) is 30.3. The van der Waals surface area contributed by atoms with Crippen LogP contribution in [0.5, 0.6) is 0 Å². The highest BCUT2D eigenvalue weighted by Crippen LogP contribution is 2.63. The Hall–Kier alpha value is -7.23. The molecule has 1 spiro atoms. The van der Waals surface area contributed by atoms with E-state index in [9.17, 15) is 4.39 Å². The van der Waals surface area contributed by atoms with Crippen LogP contribution in [0.4, 0.5) is 4.39 Å². The quantitative estimate of drug-likeness (QED) is 0.177. The predicted molar refractivity (Wildman–Crippen MR) is 225 cm³/mol. The third-order valence-electron chi connectivity index (χ3n) is 11.6. The van der Waals surface area contributed by atoms with Gasteiger partial charge in [-0.15, -0.1) is 0 Å². The molecule has 0 saturated heterocycles. The van der Waals surface area contributed by atoms with Gasteiger partial charge in [0.2, 0.25) is 0 Å². The molecular weight excluding hydrogens is 684 g/mol. The minimum absolute atomic E-state index is 0.293. The highest BCUT2D eigenvalue weighted by atomic mass is 19.1. The maximum atomic E-state index is 14.0. The lowest BCUT2D eigenvalue weighted by atomic mass is 9.70. The van der Waals surface area contributed by atoms with E-state index in [4.69, 9.17) is 9.97 Å². The molecule has 1 aromatic heterocycles. The van der Waals surface area contributed by atoms with E-state index in [0.717, 1.165) is 50.3 Å². The average Bonchev–Trinajstić information content (AvgIpc) is 3.74. The fourth-order valence-corrected chi connectivity index (χ4v) is 9.07. The van der Waals surface area contributed by atoms with Gasteiger partial charge in [0.25, 0.3) is 0 Å². The van der Waals surface area contributed by atoms with Crippen molar-refractivity contribution < 1.29 is 4.39 Å². The van der Waals surface area contributed by atoms with Gasteiger partial charge in [-0.25, -0.2) is 14.4 Å². The van der Waals surface area contributed by atoms with Crippen LogP contribution in [0.3, 0.4) is 0 Å². The highest BCUT2D eigenvalue weighted by molar-refractivity contribution is 5.96. The average molecular weight is 717 g/mol. The van der Waals surface area contributed by atoms with Gasteiger partial charge in [-0.1, -0.05) is 158 Å². The maximum absolute atomic E-state index is 14.0. The first kappa shape index (κ1) is 32.2. The van der Waals surface area contributed by atoms with Gasteiger partial charge in [0.15, 0.2) is 5.82 Å². The van der Waals surface area contributed by atoms with Crippen LogP contribution in [0.15, 0.2) is 200 Å². The van der Waals surface area contributed by atoms with E-state index in [2.05, 4.69) is 158 Å². The van der Waals surface area contributed by atoms with Crippen LogP contribution < -0.4 is 0 Å². The molecule has 3 heteroatoms. The minimum Gasteiger partial charge on any atom is -0.228 e. The highest BCUT2D eigenvalue weighted by Gasteiger charge is 2.51. The normalized spacial score (nSPS) is 12.9. The number of fused-ring (bicyclic) bond motifs is 10. The third-order valence-corrected chi connectivity index (χ3v) is 11.6. The molecule has 1 heterocycles. The number of nitrogens with zero attached hydrogens (tertiary/aromatic N) is 2. The lowest BCUT2D eigenvalue weighted by Gasteiger charge is -2.30. The fourth-order valence-electron chi connectivity index (χ4n) is 9.07. The van der Waals surface area contributed by atoms with Crippen molar-refractivity contribution in [1.82, 2.24) is 9.97 Å². The first-order valence-electron chi connectivity index (χ1n) is 19.0. The van der Waals surface area contributed by atoms with E-state index in [-0.39, 0.29) is 11.2 Å². The molecule has 0 aliphatic heterocycles. The molecular formula is C53H33FN2. The van der Waals surface area contributed by atoms with E-state index >= 15 is 0 Å². The van der Waals surface area contributed by atoms with Gasteiger partial charge in [-0.2, -0.15) is 0 Å². The van der Waals surface area contributed by atoms with Gasteiger partial charge in [-0.05, 0) is 109 Å². The summed E-state index contributed by atoms with van der Waals surface area (Å²) in [5.41, 5.74) is 19.0. The summed E-state index contributed by atoms with van der Waals surface area (Å²) in [5, 5.41) is 0. The second-order valence-corrected chi connectivity index (χ2v) is 14.6. The van der Waals surface area contributed by atoms with E-state index in [1.165, 1.54) is 56.6 Å². The summed E-state index contributed by atoms with van der Waals surface area (Å²) in [6.07, 6.45) is 0. The number of hydrogen-bond acceptors (Lipinski definition) is 2. The molecule has 0 saturated carbocycles. The van der Waals surface area contributed by atoms with Crippen molar-refractivity contribution in [3.05, 3.63) is 228 Å². The molecule has 11 rings (SSSR count). The summed E-state index contributed by atoms with van der Waals surface area (Å²) in [5.74, 6) is 0.256. The molecule has 0 radical (unpaired) electrons. The summed E-state index contributed by atoms with van der Waals surface area (Å²) >= 11 is 0. The Morgan fingerprint density at radius 3 is 1.39 bits per heavy atom. The molecule has 2 nitrogen and oxygen atoms in total. The number of rotatable bonds is 5. The summed E-state index contributed by atoms with van der Waals surface area (Å²) in [6, 6.07) is 69.6. The van der Waals surface area contributed by atoms with E-state index in [1.54, 1.807) is 12.1 Å². The minimum atomic E-state index is -0.388. The first-order chi connectivity index (χ1) is 27.6. The monoisotopic (exact) mass is 716 g/mol. The fraction of sp³-hybridized carbons (Fsp3) is 0.0189. The largest absolute Gasteiger partial charge is 0.228 e. The van der Waals surface area contributed by atoms with Crippen LogP contribution in [0.25, 0.3) is 78.4 Å². The molecule has 0 amide bonds. The van der Waals surface area contributed by atoms with Crippen molar-refractivity contribution in [3.8, 4) is 78.4 Å². The first-order valence-corrected chi connectivity index (χ1v) is 19.0. The van der Waals surface area contributed by atoms with Gasteiger partial charge in [-0.3, -0.25) is 0 Å². The van der Waals surface area contributed by atoms with Crippen molar-refractivity contribution in [2.45, 2.75) is 5.41 Å². The van der Waals surface area contributed by atoms with Gasteiger partial charge in [0.05, 0.1) is 16.8 Å². The summed E-state index contributed by atoms with van der Waals surface area (Å²) < 4.78 is 14.0. The predicted octanol–water partition coefficient (Wildman–Crippen LogP) is 13.3. The summed E-state index contributed by atoms with van der Waals surface area (Å²) in [6.45, 7) is 0. The molecule has 0 fully saturated rings. The van der Waals surface area contributed by atoms with Crippen LogP contribution in [0, 0.1) is 5.82 Å². The Kier molecular flexibility index (Phi) is 7.30. The molecule has 56 heavy (non-hydrogen) atoms. The number of halogens is 1. The van der Waals surface area contributed by atoms with Crippen molar-refractivity contribution in [1.29, 1.82) is 0 Å². The third kappa shape index (κ3) is 4.94. The Morgan fingerprint density at radius 2 is 0.750 bits per heavy atom. The lowest BCUT2D eigenvalue weighted by Crippen LogP contribution is -2.25. The molecule has 262 valence electrons. The zero-order chi connectivity index (χ0) is 37.2. The molecule has 0 atom stereocenters. The molecule has 0 unspecified atom stereocenters. The molecule has 0 N–H and O–H groups in total. The maximum Gasteiger partial charge on any atom is 0.160 e. The van der Waals surface area contributed by atoms with E-state index in [1.807, 2.05) is 18.2 Å². The summed E-state index contributed by atoms with van der Waals surface area (Å²) in [4.78, 5) is 10.1. The molecule has 0 bridgehead atoms. The molecule has 8 aromatic carbocycles. The Balaban J connectivity index is 1.02. The van der Waals surface area contributed by atoms with Gasteiger partial charge in [0, 0.05) is 16.7 Å². The molecule has 9 aromatic rings.